The van der Waals surface area contributed by atoms with Crippen LogP contribution in [0, 0.1) is 19.8 Å². The SMILES string of the molecule is Cc1cc(C)cc(C(N)CN2CCC(C)CC2C)c1. The van der Waals surface area contributed by atoms with Crippen molar-refractivity contribution in [2.75, 3.05) is 13.1 Å². The summed E-state index contributed by atoms with van der Waals surface area (Å²) in [7, 11) is 0. The summed E-state index contributed by atoms with van der Waals surface area (Å²) in [6.07, 6.45) is 2.61. The number of likely N-dealkylation sites (tertiary alicyclic amines) is 1. The Morgan fingerprint density at radius 3 is 2.42 bits per heavy atom. The van der Waals surface area contributed by atoms with Gasteiger partial charge >= 0.3 is 0 Å². The van der Waals surface area contributed by atoms with E-state index >= 15 is 0 Å². The van der Waals surface area contributed by atoms with Crippen LogP contribution in [0.3, 0.4) is 0 Å². The Morgan fingerprint density at radius 1 is 1.21 bits per heavy atom. The van der Waals surface area contributed by atoms with Crippen LogP contribution in [-0.4, -0.2) is 24.0 Å². The number of piperidine rings is 1. The van der Waals surface area contributed by atoms with Crippen molar-refractivity contribution in [2.45, 2.75) is 52.6 Å². The fourth-order valence-electron chi connectivity index (χ4n) is 3.31. The molecule has 1 saturated heterocycles. The molecule has 0 bridgehead atoms. The second-order valence-electron chi connectivity index (χ2n) is 6.50. The molecule has 1 heterocycles. The Hall–Kier alpha value is -0.860. The van der Waals surface area contributed by atoms with Gasteiger partial charge in [0.15, 0.2) is 0 Å². The van der Waals surface area contributed by atoms with E-state index < -0.39 is 0 Å². The molecule has 0 saturated carbocycles. The smallest absolute Gasteiger partial charge is 0.0424 e. The molecule has 0 aliphatic carbocycles. The van der Waals surface area contributed by atoms with E-state index in [-0.39, 0.29) is 6.04 Å². The van der Waals surface area contributed by atoms with E-state index in [1.165, 1.54) is 36.1 Å². The lowest BCUT2D eigenvalue weighted by molar-refractivity contribution is 0.122. The summed E-state index contributed by atoms with van der Waals surface area (Å²) < 4.78 is 0. The topological polar surface area (TPSA) is 29.3 Å². The van der Waals surface area contributed by atoms with Gasteiger partial charge in [-0.05, 0) is 51.6 Å². The standard InChI is InChI=1S/C17H28N2/c1-12-5-6-19(15(4)8-12)11-17(18)16-9-13(2)7-14(3)10-16/h7,9-10,12,15,17H,5-6,8,11,18H2,1-4H3. The molecule has 1 aromatic rings. The molecule has 2 heteroatoms. The number of aryl methyl sites for hydroxylation is 2. The molecule has 0 spiro atoms. The first-order chi connectivity index (χ1) is 8.95. The fourth-order valence-corrected chi connectivity index (χ4v) is 3.31. The minimum Gasteiger partial charge on any atom is -0.323 e. The quantitative estimate of drug-likeness (QED) is 0.902. The first kappa shape index (κ1) is 14.5. The van der Waals surface area contributed by atoms with Crippen LogP contribution in [0.4, 0.5) is 0 Å². The molecule has 1 fully saturated rings. The molecule has 0 radical (unpaired) electrons. The van der Waals surface area contributed by atoms with E-state index in [1.54, 1.807) is 0 Å². The molecule has 2 N–H and O–H groups in total. The van der Waals surface area contributed by atoms with E-state index in [9.17, 15) is 0 Å². The normalized spacial score (nSPS) is 26.4. The summed E-state index contributed by atoms with van der Waals surface area (Å²) in [5, 5.41) is 0. The number of nitrogens with two attached hydrogens (primary N) is 1. The van der Waals surface area contributed by atoms with Gasteiger partial charge < -0.3 is 5.73 Å². The third-order valence-corrected chi connectivity index (χ3v) is 4.38. The number of benzene rings is 1. The Labute approximate surface area is 118 Å². The van der Waals surface area contributed by atoms with Crippen LogP contribution < -0.4 is 5.73 Å². The molecule has 3 atom stereocenters. The molecule has 2 rings (SSSR count). The Bertz CT molecular complexity index is 407. The van der Waals surface area contributed by atoms with Crippen molar-refractivity contribution in [2.24, 2.45) is 11.7 Å². The highest BCUT2D eigenvalue weighted by Gasteiger charge is 2.24. The van der Waals surface area contributed by atoms with Gasteiger partial charge in [-0.3, -0.25) is 4.90 Å². The molecule has 0 aromatic heterocycles. The van der Waals surface area contributed by atoms with Crippen molar-refractivity contribution >= 4 is 0 Å². The highest BCUT2D eigenvalue weighted by molar-refractivity contribution is 5.30. The maximum Gasteiger partial charge on any atom is 0.0424 e. The van der Waals surface area contributed by atoms with Crippen molar-refractivity contribution in [1.29, 1.82) is 0 Å². The van der Waals surface area contributed by atoms with E-state index in [1.807, 2.05) is 0 Å². The van der Waals surface area contributed by atoms with Crippen LogP contribution in [0.1, 0.15) is 49.4 Å². The van der Waals surface area contributed by atoms with Crippen molar-refractivity contribution in [1.82, 2.24) is 4.90 Å². The largest absolute Gasteiger partial charge is 0.323 e. The lowest BCUT2D eigenvalue weighted by atomic mass is 9.92. The van der Waals surface area contributed by atoms with Crippen LogP contribution in [-0.2, 0) is 0 Å². The highest BCUT2D eigenvalue weighted by atomic mass is 15.2. The average Bonchev–Trinajstić information content (AvgIpc) is 2.31. The van der Waals surface area contributed by atoms with Crippen LogP contribution in [0.15, 0.2) is 18.2 Å². The van der Waals surface area contributed by atoms with E-state index in [2.05, 4.69) is 50.8 Å². The van der Waals surface area contributed by atoms with Gasteiger partial charge in [0.25, 0.3) is 0 Å². The Kier molecular flexibility index (Phi) is 4.64. The van der Waals surface area contributed by atoms with E-state index in [0.29, 0.717) is 6.04 Å². The first-order valence-electron chi connectivity index (χ1n) is 7.53. The van der Waals surface area contributed by atoms with Gasteiger partial charge in [0.05, 0.1) is 0 Å². The molecular formula is C17H28N2. The second-order valence-corrected chi connectivity index (χ2v) is 6.50. The van der Waals surface area contributed by atoms with Crippen LogP contribution in [0.2, 0.25) is 0 Å². The van der Waals surface area contributed by atoms with E-state index in [0.717, 1.165) is 12.5 Å². The average molecular weight is 260 g/mol. The Morgan fingerprint density at radius 2 is 1.84 bits per heavy atom. The summed E-state index contributed by atoms with van der Waals surface area (Å²) in [5.41, 5.74) is 10.3. The minimum absolute atomic E-state index is 0.134. The van der Waals surface area contributed by atoms with Crippen LogP contribution >= 0.6 is 0 Å². The molecule has 2 nitrogen and oxygen atoms in total. The molecular weight excluding hydrogens is 232 g/mol. The first-order valence-corrected chi connectivity index (χ1v) is 7.53. The summed E-state index contributed by atoms with van der Waals surface area (Å²) in [5.74, 6) is 0.865. The van der Waals surface area contributed by atoms with Gasteiger partial charge in [0.1, 0.15) is 0 Å². The Balaban J connectivity index is 2.02. The van der Waals surface area contributed by atoms with Gasteiger partial charge in [-0.1, -0.05) is 36.2 Å². The maximum absolute atomic E-state index is 6.42. The summed E-state index contributed by atoms with van der Waals surface area (Å²) in [6.45, 7) is 11.2. The molecule has 1 aliphatic heterocycles. The minimum atomic E-state index is 0.134. The molecule has 0 amide bonds. The number of nitrogens with zero attached hydrogens (tertiary/aromatic N) is 1. The zero-order chi connectivity index (χ0) is 14.0. The van der Waals surface area contributed by atoms with Gasteiger partial charge in [-0.25, -0.2) is 0 Å². The van der Waals surface area contributed by atoms with Crippen molar-refractivity contribution in [3.05, 3.63) is 34.9 Å². The zero-order valence-electron chi connectivity index (χ0n) is 12.8. The summed E-state index contributed by atoms with van der Waals surface area (Å²) >= 11 is 0. The highest BCUT2D eigenvalue weighted by Crippen LogP contribution is 2.24. The molecule has 3 unspecified atom stereocenters. The van der Waals surface area contributed by atoms with Gasteiger partial charge in [0.2, 0.25) is 0 Å². The monoisotopic (exact) mass is 260 g/mol. The van der Waals surface area contributed by atoms with Crippen LogP contribution in [0.5, 0.6) is 0 Å². The molecule has 1 aromatic carbocycles. The van der Waals surface area contributed by atoms with Crippen molar-refractivity contribution in [3.63, 3.8) is 0 Å². The lowest BCUT2D eigenvalue weighted by Gasteiger charge is -2.38. The predicted molar refractivity (Wildman–Crippen MR) is 82.3 cm³/mol. The third kappa shape index (κ3) is 3.80. The van der Waals surface area contributed by atoms with Crippen LogP contribution in [0.25, 0.3) is 0 Å². The molecule has 106 valence electrons. The maximum atomic E-state index is 6.42. The molecule has 1 aliphatic rings. The van der Waals surface area contributed by atoms with Gasteiger partial charge in [-0.15, -0.1) is 0 Å². The lowest BCUT2D eigenvalue weighted by Crippen LogP contribution is -2.43. The summed E-state index contributed by atoms with van der Waals surface area (Å²) in [4.78, 5) is 2.56. The number of hydrogen-bond acceptors (Lipinski definition) is 2. The number of rotatable bonds is 3. The van der Waals surface area contributed by atoms with E-state index in [4.69, 9.17) is 5.73 Å². The zero-order valence-corrected chi connectivity index (χ0v) is 12.8. The fraction of sp³-hybridized carbons (Fsp3) is 0.647. The second kappa shape index (κ2) is 6.06. The van der Waals surface area contributed by atoms with Gasteiger partial charge in [-0.2, -0.15) is 0 Å². The third-order valence-electron chi connectivity index (χ3n) is 4.38. The predicted octanol–water partition coefficient (Wildman–Crippen LogP) is 3.42. The van der Waals surface area contributed by atoms with Crippen molar-refractivity contribution in [3.8, 4) is 0 Å². The number of hydrogen-bond donors (Lipinski definition) is 1. The van der Waals surface area contributed by atoms with Crippen molar-refractivity contribution < 1.29 is 0 Å². The van der Waals surface area contributed by atoms with Gasteiger partial charge in [0, 0.05) is 18.6 Å². The summed E-state index contributed by atoms with van der Waals surface area (Å²) in [6, 6.07) is 7.47. The molecule has 19 heavy (non-hydrogen) atoms.